The lowest BCUT2D eigenvalue weighted by molar-refractivity contribution is 0.462. The van der Waals surface area contributed by atoms with Crippen LogP contribution in [-0.4, -0.2) is 25.8 Å². The molecule has 1 fully saturated rings. The van der Waals surface area contributed by atoms with E-state index in [1.807, 2.05) is 24.3 Å². The summed E-state index contributed by atoms with van der Waals surface area (Å²) in [5.74, 6) is 1.34. The van der Waals surface area contributed by atoms with Crippen LogP contribution >= 0.6 is 23.1 Å². The number of fused-ring (bicyclic) bond motifs is 1. The Morgan fingerprint density at radius 1 is 1.23 bits per heavy atom. The minimum absolute atomic E-state index is 0.0110. The van der Waals surface area contributed by atoms with E-state index in [1.54, 1.807) is 34.7 Å². The zero-order valence-electron chi connectivity index (χ0n) is 14.6. The summed E-state index contributed by atoms with van der Waals surface area (Å²) in [6, 6.07) is 7.98. The van der Waals surface area contributed by atoms with Crippen LogP contribution in [-0.2, 0) is 12.8 Å². The van der Waals surface area contributed by atoms with Gasteiger partial charge in [-0.1, -0.05) is 54.5 Å². The van der Waals surface area contributed by atoms with E-state index in [9.17, 15) is 4.79 Å². The zero-order chi connectivity index (χ0) is 17.9. The Balaban J connectivity index is 1.45. The third kappa shape index (κ3) is 3.76. The molecular weight excluding hydrogens is 366 g/mol. The van der Waals surface area contributed by atoms with Crippen molar-refractivity contribution in [3.05, 3.63) is 40.4 Å². The summed E-state index contributed by atoms with van der Waals surface area (Å²) in [5, 5.41) is 13.6. The fourth-order valence-electron chi connectivity index (χ4n) is 3.27. The van der Waals surface area contributed by atoms with Crippen LogP contribution in [0.5, 0.6) is 0 Å². The lowest BCUT2D eigenvalue weighted by Crippen LogP contribution is -2.22. The predicted molar refractivity (Wildman–Crippen MR) is 107 cm³/mol. The van der Waals surface area contributed by atoms with Crippen molar-refractivity contribution in [1.82, 2.24) is 19.7 Å². The summed E-state index contributed by atoms with van der Waals surface area (Å²) in [6.07, 6.45) is 6.35. The third-order valence-electron chi connectivity index (χ3n) is 4.74. The largest absolute Gasteiger partial charge is 0.357 e. The smallest absolute Gasteiger partial charge is 0.261 e. The van der Waals surface area contributed by atoms with Crippen molar-refractivity contribution in [2.45, 2.75) is 48.2 Å². The quantitative estimate of drug-likeness (QED) is 0.671. The van der Waals surface area contributed by atoms with E-state index in [0.717, 1.165) is 20.8 Å². The Kier molecular flexibility index (Phi) is 5.21. The van der Waals surface area contributed by atoms with Gasteiger partial charge in [0.25, 0.3) is 5.56 Å². The van der Waals surface area contributed by atoms with Gasteiger partial charge in [0.2, 0.25) is 5.13 Å². The van der Waals surface area contributed by atoms with Crippen molar-refractivity contribution < 1.29 is 0 Å². The summed E-state index contributed by atoms with van der Waals surface area (Å²) in [7, 11) is 1.77. The van der Waals surface area contributed by atoms with Crippen LogP contribution in [0.1, 0.15) is 37.9 Å². The average molecular weight is 388 g/mol. The Morgan fingerprint density at radius 3 is 2.88 bits per heavy atom. The fraction of sp³-hybridized carbons (Fsp3) is 0.444. The van der Waals surface area contributed by atoms with E-state index in [2.05, 4.69) is 20.5 Å². The normalized spacial score (nSPS) is 15.4. The summed E-state index contributed by atoms with van der Waals surface area (Å²) in [6.45, 7) is 0. The van der Waals surface area contributed by atoms with Crippen molar-refractivity contribution in [2.75, 3.05) is 5.32 Å². The van der Waals surface area contributed by atoms with Crippen LogP contribution < -0.4 is 10.9 Å². The van der Waals surface area contributed by atoms with E-state index in [-0.39, 0.29) is 5.56 Å². The number of hydrogen-bond acceptors (Lipinski definition) is 7. The second-order valence-electron chi connectivity index (χ2n) is 6.55. The van der Waals surface area contributed by atoms with Crippen molar-refractivity contribution in [2.24, 2.45) is 7.05 Å². The maximum Gasteiger partial charge on any atom is 0.261 e. The highest BCUT2D eigenvalue weighted by Crippen LogP contribution is 2.30. The zero-order valence-corrected chi connectivity index (χ0v) is 16.3. The third-order valence-corrected chi connectivity index (χ3v) is 6.72. The van der Waals surface area contributed by atoms with Gasteiger partial charge >= 0.3 is 0 Å². The molecule has 1 saturated carbocycles. The van der Waals surface area contributed by atoms with Crippen molar-refractivity contribution in [3.63, 3.8) is 0 Å². The summed E-state index contributed by atoms with van der Waals surface area (Å²) >= 11 is 3.14. The molecule has 0 saturated heterocycles. The first-order chi connectivity index (χ1) is 12.7. The average Bonchev–Trinajstić information content (AvgIpc) is 3.12. The lowest BCUT2D eigenvalue weighted by atomic mass is 9.96. The molecule has 0 aliphatic heterocycles. The lowest BCUT2D eigenvalue weighted by Gasteiger charge is -2.21. The highest BCUT2D eigenvalue weighted by Gasteiger charge is 2.16. The molecule has 0 radical (unpaired) electrons. The van der Waals surface area contributed by atoms with Crippen LogP contribution in [0, 0.1) is 0 Å². The number of rotatable bonds is 5. The number of nitrogens with zero attached hydrogens (tertiary/aromatic N) is 4. The highest BCUT2D eigenvalue weighted by molar-refractivity contribution is 8.00. The number of aromatic nitrogens is 4. The van der Waals surface area contributed by atoms with Gasteiger partial charge in [0, 0.05) is 13.1 Å². The molecule has 2 heterocycles. The molecule has 1 N–H and O–H groups in total. The predicted octanol–water partition coefficient (Wildman–Crippen LogP) is 3.82. The highest BCUT2D eigenvalue weighted by atomic mass is 32.2. The summed E-state index contributed by atoms with van der Waals surface area (Å²) < 4.78 is 2.52. The van der Waals surface area contributed by atoms with Gasteiger partial charge < -0.3 is 5.32 Å². The minimum atomic E-state index is -0.0110. The molecule has 2 aromatic heterocycles. The molecule has 0 unspecified atom stereocenters. The van der Waals surface area contributed by atoms with Crippen molar-refractivity contribution >= 4 is 39.1 Å². The van der Waals surface area contributed by atoms with Gasteiger partial charge in [0.15, 0.2) is 4.34 Å². The van der Waals surface area contributed by atoms with Crippen molar-refractivity contribution in [1.29, 1.82) is 0 Å². The van der Waals surface area contributed by atoms with Crippen LogP contribution in [0.2, 0.25) is 0 Å². The van der Waals surface area contributed by atoms with Crippen LogP contribution in [0.4, 0.5) is 5.13 Å². The van der Waals surface area contributed by atoms with Crippen LogP contribution in [0.15, 0.2) is 33.4 Å². The van der Waals surface area contributed by atoms with E-state index in [0.29, 0.717) is 17.2 Å². The SMILES string of the molecule is Cn1c(CSc2nnc(NC3CCCCC3)s2)nc2ccccc2c1=O. The summed E-state index contributed by atoms with van der Waals surface area (Å²) in [5.41, 5.74) is 0.728. The Hall–Kier alpha value is -1.93. The summed E-state index contributed by atoms with van der Waals surface area (Å²) in [4.78, 5) is 17.1. The number of hydrogen-bond donors (Lipinski definition) is 1. The molecule has 6 nitrogen and oxygen atoms in total. The standard InChI is InChI=1S/C18H21N5OS2/c1-23-15(20-14-10-6-5-9-13(14)16(23)24)11-25-18-22-21-17(26-18)19-12-7-3-2-4-8-12/h5-6,9-10,12H,2-4,7-8,11H2,1H3,(H,19,21). The van der Waals surface area contributed by atoms with Crippen LogP contribution in [0.25, 0.3) is 10.9 Å². The molecule has 0 atom stereocenters. The monoisotopic (exact) mass is 387 g/mol. The molecule has 0 amide bonds. The molecular formula is C18H21N5OS2. The molecule has 3 aromatic rings. The molecule has 1 aliphatic rings. The van der Waals surface area contributed by atoms with E-state index < -0.39 is 0 Å². The van der Waals surface area contributed by atoms with Crippen LogP contribution in [0.3, 0.4) is 0 Å². The number of anilines is 1. The fourth-order valence-corrected chi connectivity index (χ4v) is 5.08. The molecule has 136 valence electrons. The number of nitrogens with one attached hydrogen (secondary N) is 1. The van der Waals surface area contributed by atoms with Gasteiger partial charge in [0.05, 0.1) is 16.7 Å². The molecule has 8 heteroatoms. The van der Waals surface area contributed by atoms with Gasteiger partial charge in [0.1, 0.15) is 5.82 Å². The minimum Gasteiger partial charge on any atom is -0.357 e. The Labute approximate surface area is 160 Å². The Bertz CT molecular complexity index is 962. The van der Waals surface area contributed by atoms with Gasteiger partial charge in [-0.3, -0.25) is 9.36 Å². The first-order valence-corrected chi connectivity index (χ1v) is 10.7. The molecule has 1 aliphatic carbocycles. The van der Waals surface area contributed by atoms with E-state index in [1.165, 1.54) is 32.1 Å². The Morgan fingerprint density at radius 2 is 2.04 bits per heavy atom. The maximum absolute atomic E-state index is 12.5. The molecule has 4 rings (SSSR count). The topological polar surface area (TPSA) is 72.7 Å². The van der Waals surface area contributed by atoms with E-state index in [4.69, 9.17) is 0 Å². The second kappa shape index (κ2) is 7.75. The van der Waals surface area contributed by atoms with Crippen molar-refractivity contribution in [3.8, 4) is 0 Å². The van der Waals surface area contributed by atoms with Gasteiger partial charge in [-0.05, 0) is 25.0 Å². The first kappa shape index (κ1) is 17.5. The molecule has 0 bridgehead atoms. The van der Waals surface area contributed by atoms with E-state index >= 15 is 0 Å². The molecule has 0 spiro atoms. The van der Waals surface area contributed by atoms with Gasteiger partial charge in [-0.2, -0.15) is 0 Å². The first-order valence-electron chi connectivity index (χ1n) is 8.88. The van der Waals surface area contributed by atoms with Gasteiger partial charge in [-0.25, -0.2) is 4.98 Å². The molecule has 1 aromatic carbocycles. The number of para-hydroxylation sites is 1. The van der Waals surface area contributed by atoms with Gasteiger partial charge in [-0.15, -0.1) is 10.2 Å². The second-order valence-corrected chi connectivity index (χ2v) is 8.75. The number of benzene rings is 1. The maximum atomic E-state index is 12.5. The molecule has 26 heavy (non-hydrogen) atoms. The number of thioether (sulfide) groups is 1.